The number of nitrogens with one attached hydrogen (secondary N) is 1. The number of rotatable bonds is 17. The van der Waals surface area contributed by atoms with Gasteiger partial charge in [-0.1, -0.05) is 90.5 Å². The number of carbonyl (C=O) groups excluding carboxylic acids is 3. The summed E-state index contributed by atoms with van der Waals surface area (Å²) < 4.78 is 39.6. The Hall–Kier alpha value is -4.72. The first-order valence-electron chi connectivity index (χ1n) is 17.8. The molecule has 4 aromatic carbocycles. The third-order valence-corrected chi connectivity index (χ3v) is 10.6. The van der Waals surface area contributed by atoms with Gasteiger partial charge in [0.25, 0.3) is 5.89 Å². The molecule has 1 aromatic heterocycles. The molecule has 4 atom stereocenters. The Morgan fingerprint density at radius 1 is 0.926 bits per heavy atom. The summed E-state index contributed by atoms with van der Waals surface area (Å²) in [5, 5.41) is 0.583. The average molecular weight is 771 g/mol. The van der Waals surface area contributed by atoms with Gasteiger partial charge in [0.1, 0.15) is 11.6 Å². The van der Waals surface area contributed by atoms with Crippen LogP contribution in [0.3, 0.4) is 0 Å². The SMILES string of the molecule is CS(=O)(=O)N[C@H](CCc1ccccc1)C(=O)N1C[C@H](OCc2ccc(Cl)cc2)C[C@H]1C(=O)C[C@@H](Cc1ccc(CN)cc1)C(=O)c1nc2ccccc2o1. The summed E-state index contributed by atoms with van der Waals surface area (Å²) in [5.41, 5.74) is 10.3. The molecule has 11 nitrogen and oxygen atoms in total. The first kappa shape index (κ1) is 39.0. The first-order chi connectivity index (χ1) is 26.0. The molecule has 54 heavy (non-hydrogen) atoms. The van der Waals surface area contributed by atoms with Crippen LogP contribution in [0.1, 0.15) is 52.2 Å². The number of amides is 1. The quantitative estimate of drug-likeness (QED) is 0.113. The molecule has 1 aliphatic rings. The summed E-state index contributed by atoms with van der Waals surface area (Å²) in [5.74, 6) is -2.30. The topological polar surface area (TPSA) is 162 Å². The van der Waals surface area contributed by atoms with E-state index in [-0.39, 0.29) is 50.5 Å². The summed E-state index contributed by atoms with van der Waals surface area (Å²) in [4.78, 5) is 48.8. The number of aryl methyl sites for hydroxylation is 1. The molecule has 0 saturated carbocycles. The Balaban J connectivity index is 1.28. The fourth-order valence-corrected chi connectivity index (χ4v) is 7.65. The third kappa shape index (κ3) is 10.3. The predicted octanol–water partition coefficient (Wildman–Crippen LogP) is 5.68. The van der Waals surface area contributed by atoms with Gasteiger partial charge >= 0.3 is 0 Å². The zero-order chi connectivity index (χ0) is 38.2. The second kappa shape index (κ2) is 17.6. The van der Waals surface area contributed by atoms with Crippen molar-refractivity contribution in [2.45, 2.75) is 63.4 Å². The molecule has 0 aliphatic carbocycles. The fourth-order valence-electron chi connectivity index (χ4n) is 6.79. The number of ketones is 2. The Labute approximate surface area is 319 Å². The van der Waals surface area contributed by atoms with Gasteiger partial charge in [-0.15, -0.1) is 0 Å². The second-order valence-electron chi connectivity index (χ2n) is 13.7. The zero-order valence-electron chi connectivity index (χ0n) is 29.9. The van der Waals surface area contributed by atoms with Crippen LogP contribution in [0, 0.1) is 5.92 Å². The van der Waals surface area contributed by atoms with Crippen molar-refractivity contribution < 1.29 is 32.0 Å². The molecule has 0 unspecified atom stereocenters. The first-order valence-corrected chi connectivity index (χ1v) is 20.1. The summed E-state index contributed by atoms with van der Waals surface area (Å²) in [6.07, 6.45) is 1.21. The van der Waals surface area contributed by atoms with E-state index in [9.17, 15) is 22.8 Å². The number of carbonyl (C=O) groups is 3. The molecule has 2 heterocycles. The second-order valence-corrected chi connectivity index (χ2v) is 15.9. The van der Waals surface area contributed by atoms with Gasteiger partial charge in [0, 0.05) is 36.9 Å². The molecule has 13 heteroatoms. The lowest BCUT2D eigenvalue weighted by atomic mass is 9.87. The highest BCUT2D eigenvalue weighted by Crippen LogP contribution is 2.29. The monoisotopic (exact) mass is 770 g/mol. The number of aromatic nitrogens is 1. The maximum absolute atomic E-state index is 14.5. The Bertz CT molecular complexity index is 2140. The summed E-state index contributed by atoms with van der Waals surface area (Å²) >= 11 is 6.06. The molecular weight excluding hydrogens is 728 g/mol. The molecule has 5 aromatic rings. The number of Topliss-reactive ketones (excluding diaryl/α,β-unsaturated/α-hetero) is 2. The maximum atomic E-state index is 14.5. The van der Waals surface area contributed by atoms with Crippen LogP contribution < -0.4 is 10.5 Å². The van der Waals surface area contributed by atoms with E-state index >= 15 is 0 Å². The van der Waals surface area contributed by atoms with Crippen molar-refractivity contribution >= 4 is 50.2 Å². The molecule has 282 valence electrons. The summed E-state index contributed by atoms with van der Waals surface area (Å²) in [6, 6.07) is 29.0. The number of nitrogens with two attached hydrogens (primary N) is 1. The number of hydrogen-bond donors (Lipinski definition) is 2. The number of oxazole rings is 1. The van der Waals surface area contributed by atoms with Crippen LogP contribution in [-0.2, 0) is 50.3 Å². The van der Waals surface area contributed by atoms with Crippen LogP contribution in [0.25, 0.3) is 11.1 Å². The van der Waals surface area contributed by atoms with Crippen molar-refractivity contribution in [1.29, 1.82) is 0 Å². The molecule has 1 aliphatic heterocycles. The van der Waals surface area contributed by atoms with Crippen LogP contribution >= 0.6 is 11.6 Å². The van der Waals surface area contributed by atoms with Gasteiger partial charge < -0.3 is 19.8 Å². The van der Waals surface area contributed by atoms with Crippen LogP contribution in [0.2, 0.25) is 5.02 Å². The van der Waals surface area contributed by atoms with E-state index in [2.05, 4.69) is 9.71 Å². The molecule has 0 spiro atoms. The predicted molar refractivity (Wildman–Crippen MR) is 206 cm³/mol. The normalized spacial score (nSPS) is 17.1. The smallest absolute Gasteiger partial charge is 0.264 e. The zero-order valence-corrected chi connectivity index (χ0v) is 31.5. The van der Waals surface area contributed by atoms with Crippen LogP contribution in [-0.4, -0.2) is 66.8 Å². The number of likely N-dealkylation sites (tertiary alicyclic amines) is 1. The fraction of sp³-hybridized carbons (Fsp3) is 0.317. The third-order valence-electron chi connectivity index (χ3n) is 9.60. The highest BCUT2D eigenvalue weighted by molar-refractivity contribution is 7.88. The Kier molecular flexibility index (Phi) is 12.7. The van der Waals surface area contributed by atoms with Crippen LogP contribution in [0.5, 0.6) is 0 Å². The number of para-hydroxylation sites is 2. The van der Waals surface area contributed by atoms with Gasteiger partial charge in [0.2, 0.25) is 21.7 Å². The molecule has 0 radical (unpaired) electrons. The maximum Gasteiger partial charge on any atom is 0.264 e. The molecule has 1 fully saturated rings. The van der Waals surface area contributed by atoms with Crippen molar-refractivity contribution in [1.82, 2.24) is 14.6 Å². The van der Waals surface area contributed by atoms with E-state index in [1.807, 2.05) is 66.7 Å². The van der Waals surface area contributed by atoms with Crippen molar-refractivity contribution in [2.24, 2.45) is 11.7 Å². The van der Waals surface area contributed by atoms with E-state index in [0.717, 1.165) is 28.5 Å². The van der Waals surface area contributed by atoms with Gasteiger partial charge in [0.15, 0.2) is 11.4 Å². The highest BCUT2D eigenvalue weighted by atomic mass is 35.5. The van der Waals surface area contributed by atoms with E-state index < -0.39 is 45.8 Å². The number of ether oxygens (including phenoxy) is 1. The van der Waals surface area contributed by atoms with E-state index in [0.29, 0.717) is 29.1 Å². The van der Waals surface area contributed by atoms with Crippen molar-refractivity contribution in [3.63, 3.8) is 0 Å². The van der Waals surface area contributed by atoms with E-state index in [1.165, 1.54) is 4.90 Å². The van der Waals surface area contributed by atoms with Crippen LogP contribution in [0.4, 0.5) is 0 Å². The molecule has 0 bridgehead atoms. The number of nitrogens with zero attached hydrogens (tertiary/aromatic N) is 2. The van der Waals surface area contributed by atoms with Crippen molar-refractivity contribution in [2.75, 3.05) is 12.8 Å². The minimum atomic E-state index is -3.81. The van der Waals surface area contributed by atoms with Gasteiger partial charge in [-0.05, 0) is 65.8 Å². The number of hydrogen-bond acceptors (Lipinski definition) is 9. The number of halogens is 1. The molecular formula is C41H43ClN4O7S. The lowest BCUT2D eigenvalue weighted by Crippen LogP contribution is -2.52. The van der Waals surface area contributed by atoms with Crippen molar-refractivity contribution in [3.8, 4) is 0 Å². The standard InChI is InChI=1S/C41H43ClN4O7S/c1-54(50,51)45-35(20-17-27-7-3-2-4-8-27)41(49)46-25-33(52-26-30-15-18-32(42)19-16-30)23-36(46)37(47)22-31(21-28-11-13-29(24-43)14-12-28)39(48)40-44-34-9-5-6-10-38(34)53-40/h2-16,18-19,31,33,35-36,45H,17,20-26,43H2,1H3/t31-,33-,35-,36+/m1/s1. The Morgan fingerprint density at radius 2 is 1.59 bits per heavy atom. The highest BCUT2D eigenvalue weighted by Gasteiger charge is 2.43. The number of benzene rings is 4. The van der Waals surface area contributed by atoms with E-state index in [1.54, 1.807) is 36.4 Å². The van der Waals surface area contributed by atoms with Gasteiger partial charge in [0.05, 0.1) is 25.0 Å². The molecule has 3 N–H and O–H groups in total. The lowest BCUT2D eigenvalue weighted by molar-refractivity contribution is -0.139. The minimum Gasteiger partial charge on any atom is -0.434 e. The average Bonchev–Trinajstić information content (AvgIpc) is 3.81. The molecule has 6 rings (SSSR count). The summed E-state index contributed by atoms with van der Waals surface area (Å²) in [7, 11) is -3.81. The van der Waals surface area contributed by atoms with E-state index in [4.69, 9.17) is 26.5 Å². The minimum absolute atomic E-state index is 0.0560. The lowest BCUT2D eigenvalue weighted by Gasteiger charge is -2.29. The van der Waals surface area contributed by atoms with Gasteiger partial charge in [-0.3, -0.25) is 14.4 Å². The molecule has 1 saturated heterocycles. The number of fused-ring (bicyclic) bond motifs is 1. The van der Waals surface area contributed by atoms with Gasteiger partial charge in [-0.2, -0.15) is 0 Å². The van der Waals surface area contributed by atoms with Crippen molar-refractivity contribution in [3.05, 3.63) is 136 Å². The summed E-state index contributed by atoms with van der Waals surface area (Å²) in [6.45, 7) is 0.624. The van der Waals surface area contributed by atoms with Crippen LogP contribution in [0.15, 0.2) is 108 Å². The Morgan fingerprint density at radius 3 is 2.28 bits per heavy atom. The van der Waals surface area contributed by atoms with Gasteiger partial charge in [-0.25, -0.2) is 18.1 Å². The molecule has 1 amide bonds. The largest absolute Gasteiger partial charge is 0.434 e. The number of sulfonamides is 1.